The standard InChI is InChI=1S/C11H20N2O2/c1-8-5-12-6-10(4-11(14)15)13(7-8)9-2-3-9/h8-10,12H,2-7H2,1H3,(H,14,15). The van der Waals surface area contributed by atoms with Crippen molar-refractivity contribution < 1.29 is 9.90 Å². The summed E-state index contributed by atoms with van der Waals surface area (Å²) in [6, 6.07) is 0.858. The molecule has 0 aromatic heterocycles. The van der Waals surface area contributed by atoms with Gasteiger partial charge < -0.3 is 10.4 Å². The van der Waals surface area contributed by atoms with Crippen LogP contribution in [0.2, 0.25) is 0 Å². The van der Waals surface area contributed by atoms with Crippen molar-refractivity contribution in [2.75, 3.05) is 19.6 Å². The molecule has 4 nitrogen and oxygen atoms in total. The molecule has 2 atom stereocenters. The Hall–Kier alpha value is -0.610. The summed E-state index contributed by atoms with van der Waals surface area (Å²) in [6.07, 6.45) is 2.78. The van der Waals surface area contributed by atoms with E-state index in [9.17, 15) is 4.79 Å². The SMILES string of the molecule is CC1CNCC(CC(=O)O)N(C2CC2)C1. The van der Waals surface area contributed by atoms with Gasteiger partial charge in [-0.25, -0.2) is 0 Å². The van der Waals surface area contributed by atoms with E-state index < -0.39 is 5.97 Å². The van der Waals surface area contributed by atoms with Crippen molar-refractivity contribution in [2.45, 2.75) is 38.3 Å². The zero-order chi connectivity index (χ0) is 10.8. The van der Waals surface area contributed by atoms with Crippen LogP contribution in [0.15, 0.2) is 0 Å². The second-order valence-corrected chi connectivity index (χ2v) is 4.94. The molecule has 0 radical (unpaired) electrons. The van der Waals surface area contributed by atoms with Crippen LogP contribution < -0.4 is 5.32 Å². The first-order chi connectivity index (χ1) is 7.16. The topological polar surface area (TPSA) is 52.6 Å². The highest BCUT2D eigenvalue weighted by Gasteiger charge is 2.36. The largest absolute Gasteiger partial charge is 0.481 e. The Morgan fingerprint density at radius 1 is 1.47 bits per heavy atom. The second-order valence-electron chi connectivity index (χ2n) is 4.94. The Balaban J connectivity index is 2.00. The molecular formula is C11H20N2O2. The van der Waals surface area contributed by atoms with Crippen LogP contribution in [0, 0.1) is 5.92 Å². The first-order valence-corrected chi connectivity index (χ1v) is 5.85. The van der Waals surface area contributed by atoms with Crippen LogP contribution >= 0.6 is 0 Å². The van der Waals surface area contributed by atoms with Gasteiger partial charge in [0.15, 0.2) is 0 Å². The minimum absolute atomic E-state index is 0.194. The smallest absolute Gasteiger partial charge is 0.304 e. The highest BCUT2D eigenvalue weighted by Crippen LogP contribution is 2.30. The van der Waals surface area contributed by atoms with Crippen LogP contribution in [0.25, 0.3) is 0 Å². The van der Waals surface area contributed by atoms with Gasteiger partial charge in [-0.15, -0.1) is 0 Å². The Bertz CT molecular complexity index is 241. The summed E-state index contributed by atoms with van der Waals surface area (Å²) in [5, 5.41) is 12.2. The fourth-order valence-electron chi connectivity index (χ4n) is 2.43. The normalized spacial score (nSPS) is 33.7. The summed E-state index contributed by atoms with van der Waals surface area (Å²) in [6.45, 7) is 5.12. The number of aliphatic carboxylic acids is 1. The van der Waals surface area contributed by atoms with E-state index in [4.69, 9.17) is 5.11 Å². The van der Waals surface area contributed by atoms with Gasteiger partial charge in [-0.05, 0) is 25.3 Å². The zero-order valence-electron chi connectivity index (χ0n) is 9.28. The highest BCUT2D eigenvalue weighted by atomic mass is 16.4. The Labute approximate surface area is 90.6 Å². The van der Waals surface area contributed by atoms with E-state index in [1.165, 1.54) is 12.8 Å². The third-order valence-electron chi connectivity index (χ3n) is 3.29. The van der Waals surface area contributed by atoms with Crippen molar-refractivity contribution in [1.29, 1.82) is 0 Å². The molecule has 2 aliphatic rings. The lowest BCUT2D eigenvalue weighted by Gasteiger charge is -2.29. The molecule has 0 bridgehead atoms. The van der Waals surface area contributed by atoms with Crippen LogP contribution in [-0.2, 0) is 4.79 Å². The summed E-state index contributed by atoms with van der Waals surface area (Å²) in [5.74, 6) is -0.0496. The van der Waals surface area contributed by atoms with E-state index in [2.05, 4.69) is 17.1 Å². The summed E-state index contributed by atoms with van der Waals surface area (Å²) in [4.78, 5) is 13.2. The molecule has 0 aromatic carbocycles. The van der Waals surface area contributed by atoms with Gasteiger partial charge in [0.05, 0.1) is 6.42 Å². The third-order valence-corrected chi connectivity index (χ3v) is 3.29. The highest BCUT2D eigenvalue weighted by molar-refractivity contribution is 5.67. The summed E-state index contributed by atoms with van der Waals surface area (Å²) in [7, 11) is 0. The van der Waals surface area contributed by atoms with Crippen molar-refractivity contribution in [3.05, 3.63) is 0 Å². The maximum Gasteiger partial charge on any atom is 0.304 e. The molecular weight excluding hydrogens is 192 g/mol. The fourth-order valence-corrected chi connectivity index (χ4v) is 2.43. The number of carboxylic acids is 1. The number of carbonyl (C=O) groups is 1. The van der Waals surface area contributed by atoms with E-state index in [-0.39, 0.29) is 12.5 Å². The van der Waals surface area contributed by atoms with Gasteiger partial charge in [-0.2, -0.15) is 0 Å². The van der Waals surface area contributed by atoms with Crippen molar-refractivity contribution in [3.63, 3.8) is 0 Å². The molecule has 2 rings (SSSR count). The van der Waals surface area contributed by atoms with Crippen molar-refractivity contribution in [1.82, 2.24) is 10.2 Å². The van der Waals surface area contributed by atoms with E-state index in [1.807, 2.05) is 0 Å². The van der Waals surface area contributed by atoms with Gasteiger partial charge in [0.25, 0.3) is 0 Å². The molecule has 0 spiro atoms. The summed E-state index contributed by atoms with van der Waals surface area (Å²) < 4.78 is 0. The molecule has 1 aliphatic carbocycles. The van der Waals surface area contributed by atoms with Gasteiger partial charge in [-0.1, -0.05) is 6.92 Å². The molecule has 1 aliphatic heterocycles. The van der Waals surface area contributed by atoms with Gasteiger partial charge >= 0.3 is 5.97 Å². The lowest BCUT2D eigenvalue weighted by atomic mass is 10.1. The lowest BCUT2D eigenvalue weighted by Crippen LogP contribution is -2.43. The van der Waals surface area contributed by atoms with Gasteiger partial charge in [0, 0.05) is 25.2 Å². The Morgan fingerprint density at radius 2 is 2.20 bits per heavy atom. The number of rotatable bonds is 3. The number of hydrogen-bond acceptors (Lipinski definition) is 3. The van der Waals surface area contributed by atoms with Crippen molar-refractivity contribution >= 4 is 5.97 Å². The second kappa shape index (κ2) is 4.49. The van der Waals surface area contributed by atoms with E-state index in [1.54, 1.807) is 0 Å². The van der Waals surface area contributed by atoms with Gasteiger partial charge in [0.2, 0.25) is 0 Å². The van der Waals surface area contributed by atoms with E-state index >= 15 is 0 Å². The number of carboxylic acid groups (broad SMARTS) is 1. The van der Waals surface area contributed by atoms with Crippen LogP contribution in [0.5, 0.6) is 0 Å². The van der Waals surface area contributed by atoms with Gasteiger partial charge in [0.1, 0.15) is 0 Å². The minimum Gasteiger partial charge on any atom is -0.481 e. The van der Waals surface area contributed by atoms with Crippen LogP contribution in [0.3, 0.4) is 0 Å². The van der Waals surface area contributed by atoms with E-state index in [0.717, 1.165) is 19.6 Å². The van der Waals surface area contributed by atoms with E-state index in [0.29, 0.717) is 12.0 Å². The quantitative estimate of drug-likeness (QED) is 0.716. The monoisotopic (exact) mass is 212 g/mol. The Kier molecular flexibility index (Phi) is 3.26. The average Bonchev–Trinajstić information content (AvgIpc) is 2.93. The number of nitrogens with one attached hydrogen (secondary N) is 1. The summed E-state index contributed by atoms with van der Waals surface area (Å²) in [5.41, 5.74) is 0. The fraction of sp³-hybridized carbons (Fsp3) is 0.909. The van der Waals surface area contributed by atoms with Crippen molar-refractivity contribution in [2.24, 2.45) is 5.92 Å². The van der Waals surface area contributed by atoms with Crippen LogP contribution in [-0.4, -0.2) is 47.7 Å². The Morgan fingerprint density at radius 3 is 2.80 bits per heavy atom. The molecule has 0 amide bonds. The molecule has 2 N–H and O–H groups in total. The predicted octanol–water partition coefficient (Wildman–Crippen LogP) is 0.533. The van der Waals surface area contributed by atoms with Gasteiger partial charge in [-0.3, -0.25) is 9.69 Å². The molecule has 86 valence electrons. The summed E-state index contributed by atoms with van der Waals surface area (Å²) >= 11 is 0. The molecule has 0 aromatic rings. The van der Waals surface area contributed by atoms with Crippen LogP contribution in [0.1, 0.15) is 26.2 Å². The molecule has 1 saturated carbocycles. The molecule has 15 heavy (non-hydrogen) atoms. The molecule has 4 heteroatoms. The van der Waals surface area contributed by atoms with Crippen molar-refractivity contribution in [3.8, 4) is 0 Å². The lowest BCUT2D eigenvalue weighted by molar-refractivity contribution is -0.138. The first kappa shape index (κ1) is 10.9. The molecule has 1 saturated heterocycles. The minimum atomic E-state index is -0.679. The zero-order valence-corrected chi connectivity index (χ0v) is 9.28. The number of hydrogen-bond donors (Lipinski definition) is 2. The molecule has 2 unspecified atom stereocenters. The molecule has 2 fully saturated rings. The maximum absolute atomic E-state index is 10.8. The maximum atomic E-state index is 10.8. The first-order valence-electron chi connectivity index (χ1n) is 5.85. The number of nitrogens with zero attached hydrogens (tertiary/aromatic N) is 1. The van der Waals surface area contributed by atoms with Crippen LogP contribution in [0.4, 0.5) is 0 Å². The average molecular weight is 212 g/mol. The predicted molar refractivity (Wildman–Crippen MR) is 57.8 cm³/mol. The third kappa shape index (κ3) is 2.92. The molecule has 1 heterocycles.